The first-order valence-corrected chi connectivity index (χ1v) is 8.95. The molecule has 112 valence electrons. The molecule has 0 aliphatic carbocycles. The maximum Gasteiger partial charge on any atom is 0.187 e. The summed E-state index contributed by atoms with van der Waals surface area (Å²) in [6.07, 6.45) is 1.89. The Morgan fingerprint density at radius 2 is 2.14 bits per heavy atom. The molecule has 0 atom stereocenters. The number of hydrogen-bond acceptors (Lipinski definition) is 6. The van der Waals surface area contributed by atoms with Gasteiger partial charge >= 0.3 is 0 Å². The molecule has 0 bridgehead atoms. The Bertz CT molecular complexity index is 670. The monoisotopic (exact) mass is 434 g/mol. The average Bonchev–Trinajstić information content (AvgIpc) is 3.04. The second-order valence-electron chi connectivity index (χ2n) is 5.14. The topological polar surface area (TPSA) is 52.4 Å². The van der Waals surface area contributed by atoms with Gasteiger partial charge in [0.25, 0.3) is 0 Å². The van der Waals surface area contributed by atoms with E-state index in [-0.39, 0.29) is 5.60 Å². The van der Waals surface area contributed by atoms with Crippen molar-refractivity contribution in [3.05, 3.63) is 20.9 Å². The molecule has 4 heterocycles. The zero-order chi connectivity index (χ0) is 14.4. The van der Waals surface area contributed by atoms with Crippen LogP contribution in [0.4, 0.5) is 5.13 Å². The first-order chi connectivity index (χ1) is 10.2. The summed E-state index contributed by atoms with van der Waals surface area (Å²) in [5.74, 6) is 0.866. The minimum atomic E-state index is -0.122. The number of hydrogen-bond donors (Lipinski definition) is 0. The van der Waals surface area contributed by atoms with E-state index in [1.807, 2.05) is 16.1 Å². The third-order valence-electron chi connectivity index (χ3n) is 3.61. The van der Waals surface area contributed by atoms with Gasteiger partial charge in [-0.15, -0.1) is 11.3 Å². The molecule has 0 radical (unpaired) electrons. The molecule has 0 saturated carbocycles. The first kappa shape index (κ1) is 14.1. The molecule has 21 heavy (non-hydrogen) atoms. The van der Waals surface area contributed by atoms with Crippen LogP contribution in [0.25, 0.3) is 5.82 Å². The lowest BCUT2D eigenvalue weighted by Gasteiger charge is -2.47. The van der Waals surface area contributed by atoms with Crippen LogP contribution in [0.5, 0.6) is 0 Å². The van der Waals surface area contributed by atoms with Gasteiger partial charge in [0.05, 0.1) is 26.4 Å². The fraction of sp³-hybridized carbons (Fsp3) is 0.500. The number of nitrogens with zero attached hydrogens (tertiary/aromatic N) is 4. The van der Waals surface area contributed by atoms with E-state index in [0.29, 0.717) is 13.2 Å². The highest BCUT2D eigenvalue weighted by Gasteiger charge is 2.44. The smallest absolute Gasteiger partial charge is 0.187 e. The summed E-state index contributed by atoms with van der Waals surface area (Å²) in [5.41, 5.74) is -0.122. The molecule has 2 aliphatic heterocycles. The summed E-state index contributed by atoms with van der Waals surface area (Å²) in [5, 5.41) is 3.05. The molecule has 0 unspecified atom stereocenters. The zero-order valence-corrected chi connectivity index (χ0v) is 14.9. The fourth-order valence-corrected chi connectivity index (χ4v) is 4.43. The normalized spacial score (nSPS) is 20.8. The van der Waals surface area contributed by atoms with Crippen molar-refractivity contribution in [2.45, 2.75) is 5.60 Å². The summed E-state index contributed by atoms with van der Waals surface area (Å²) in [6.45, 7) is 3.79. The van der Waals surface area contributed by atoms with Gasteiger partial charge in [-0.1, -0.05) is 0 Å². The van der Waals surface area contributed by atoms with E-state index in [2.05, 4.69) is 41.7 Å². The van der Waals surface area contributed by atoms with Gasteiger partial charge in [0.1, 0.15) is 10.2 Å². The van der Waals surface area contributed by atoms with Gasteiger partial charge < -0.3 is 14.4 Å². The van der Waals surface area contributed by atoms with Crippen LogP contribution in [-0.4, -0.2) is 53.0 Å². The van der Waals surface area contributed by atoms with E-state index in [4.69, 9.17) is 14.5 Å². The van der Waals surface area contributed by atoms with Crippen LogP contribution < -0.4 is 4.90 Å². The number of aromatic nitrogens is 3. The minimum Gasteiger partial charge on any atom is -0.375 e. The number of imidazole rings is 1. The highest BCUT2D eigenvalue weighted by Crippen LogP contribution is 2.32. The van der Waals surface area contributed by atoms with Crippen molar-refractivity contribution in [2.24, 2.45) is 0 Å². The van der Waals surface area contributed by atoms with Crippen LogP contribution in [0.15, 0.2) is 20.9 Å². The van der Waals surface area contributed by atoms with Crippen LogP contribution >= 0.6 is 43.2 Å². The van der Waals surface area contributed by atoms with Crippen molar-refractivity contribution in [1.82, 2.24) is 14.5 Å². The van der Waals surface area contributed by atoms with E-state index in [1.165, 1.54) is 0 Å². The predicted octanol–water partition coefficient (Wildman–Crippen LogP) is 2.46. The average molecular weight is 436 g/mol. The zero-order valence-electron chi connectivity index (χ0n) is 11.0. The lowest BCUT2D eigenvalue weighted by atomic mass is 10.0. The summed E-state index contributed by atoms with van der Waals surface area (Å²) >= 11 is 8.44. The van der Waals surface area contributed by atoms with E-state index < -0.39 is 0 Å². The number of ether oxygens (including phenoxy) is 2. The van der Waals surface area contributed by atoms with Crippen LogP contribution in [0.1, 0.15) is 0 Å². The SMILES string of the molecule is Brc1cn(-c2csc(N3CCOC4(COC4)C3)n2)c(Br)n1. The Labute approximate surface area is 142 Å². The third-order valence-corrected chi connectivity index (χ3v) is 5.44. The summed E-state index contributed by atoms with van der Waals surface area (Å²) < 4.78 is 14.6. The van der Waals surface area contributed by atoms with Gasteiger partial charge in [0.2, 0.25) is 0 Å². The highest BCUT2D eigenvalue weighted by molar-refractivity contribution is 9.11. The Hall–Kier alpha value is -0.480. The molecule has 1 spiro atoms. The molecule has 4 rings (SSSR count). The molecule has 2 aliphatic rings. The standard InChI is InChI=1S/C12H12Br2N4O2S/c13-8-3-18(10(14)15-8)9-4-21-11(16-9)17-1-2-20-12(5-17)6-19-7-12/h3-4H,1-2,5-7H2. The lowest BCUT2D eigenvalue weighted by Crippen LogP contribution is -2.63. The largest absolute Gasteiger partial charge is 0.375 e. The molecule has 2 fully saturated rings. The van der Waals surface area contributed by atoms with Crippen molar-refractivity contribution < 1.29 is 9.47 Å². The second-order valence-corrected chi connectivity index (χ2v) is 7.50. The molecule has 0 amide bonds. The lowest BCUT2D eigenvalue weighted by molar-refractivity contribution is -0.211. The Kier molecular flexibility index (Phi) is 3.57. The van der Waals surface area contributed by atoms with Gasteiger partial charge in [-0.2, -0.15) is 0 Å². The minimum absolute atomic E-state index is 0.122. The Morgan fingerprint density at radius 3 is 2.81 bits per heavy atom. The number of morpholine rings is 1. The molecular formula is C12H12Br2N4O2S. The maximum atomic E-state index is 5.85. The molecule has 0 aromatic carbocycles. The van der Waals surface area contributed by atoms with Gasteiger partial charge in [-0.25, -0.2) is 9.97 Å². The summed E-state index contributed by atoms with van der Waals surface area (Å²) in [4.78, 5) is 11.3. The van der Waals surface area contributed by atoms with E-state index in [0.717, 1.165) is 40.0 Å². The Morgan fingerprint density at radius 1 is 1.29 bits per heavy atom. The maximum absolute atomic E-state index is 5.85. The van der Waals surface area contributed by atoms with Crippen molar-refractivity contribution in [3.8, 4) is 5.82 Å². The van der Waals surface area contributed by atoms with E-state index in [1.54, 1.807) is 11.3 Å². The van der Waals surface area contributed by atoms with Crippen LogP contribution in [0.2, 0.25) is 0 Å². The molecule has 2 aromatic heterocycles. The first-order valence-electron chi connectivity index (χ1n) is 6.48. The van der Waals surface area contributed by atoms with E-state index >= 15 is 0 Å². The molecular weight excluding hydrogens is 424 g/mol. The number of halogens is 2. The van der Waals surface area contributed by atoms with Crippen LogP contribution in [-0.2, 0) is 9.47 Å². The van der Waals surface area contributed by atoms with E-state index in [9.17, 15) is 0 Å². The van der Waals surface area contributed by atoms with Crippen LogP contribution in [0.3, 0.4) is 0 Å². The molecule has 2 saturated heterocycles. The molecule has 6 nitrogen and oxygen atoms in total. The number of thiazole rings is 1. The molecule has 9 heteroatoms. The summed E-state index contributed by atoms with van der Waals surface area (Å²) in [6, 6.07) is 0. The van der Waals surface area contributed by atoms with Crippen molar-refractivity contribution in [3.63, 3.8) is 0 Å². The third kappa shape index (κ3) is 2.55. The van der Waals surface area contributed by atoms with Gasteiger partial charge in [-0.3, -0.25) is 4.57 Å². The molecule has 2 aromatic rings. The molecule has 0 N–H and O–H groups in total. The fourth-order valence-electron chi connectivity index (χ4n) is 2.52. The van der Waals surface area contributed by atoms with Crippen molar-refractivity contribution in [1.29, 1.82) is 0 Å². The van der Waals surface area contributed by atoms with Gasteiger partial charge in [-0.05, 0) is 31.9 Å². The quantitative estimate of drug-likeness (QED) is 0.725. The van der Waals surface area contributed by atoms with Crippen molar-refractivity contribution in [2.75, 3.05) is 37.8 Å². The van der Waals surface area contributed by atoms with Crippen molar-refractivity contribution >= 4 is 48.3 Å². The summed E-state index contributed by atoms with van der Waals surface area (Å²) in [7, 11) is 0. The Balaban J connectivity index is 1.58. The highest BCUT2D eigenvalue weighted by atomic mass is 79.9. The van der Waals surface area contributed by atoms with Gasteiger partial charge in [0, 0.05) is 18.1 Å². The number of anilines is 1. The predicted molar refractivity (Wildman–Crippen MR) is 86.4 cm³/mol. The number of rotatable bonds is 2. The van der Waals surface area contributed by atoms with Gasteiger partial charge in [0.15, 0.2) is 15.7 Å². The second kappa shape index (κ2) is 5.31. The van der Waals surface area contributed by atoms with Crippen LogP contribution in [0, 0.1) is 0 Å².